The molecule has 5 atom stereocenters. The second-order valence-electron chi connectivity index (χ2n) is 19.0. The predicted octanol–water partition coefficient (Wildman–Crippen LogP) is 13.5. The van der Waals surface area contributed by atoms with Crippen molar-refractivity contribution in [1.29, 1.82) is 0 Å². The summed E-state index contributed by atoms with van der Waals surface area (Å²) in [7, 11) is 1.17. The first-order valence-corrected chi connectivity index (χ1v) is 23.4. The molecule has 2 amide bonds. The van der Waals surface area contributed by atoms with Crippen molar-refractivity contribution in [1.82, 2.24) is 30.2 Å². The Kier molecular flexibility index (Phi) is 13.9. The molecule has 4 aromatic rings. The number of aromatic nitrogens is 4. The van der Waals surface area contributed by atoms with Gasteiger partial charge in [-0.1, -0.05) is 20.8 Å². The zero-order valence-electron chi connectivity index (χ0n) is 40.6. The molecule has 3 unspecified atom stereocenters. The highest BCUT2D eigenvalue weighted by Gasteiger charge is 2.44. The van der Waals surface area contributed by atoms with Crippen LogP contribution in [0.2, 0.25) is 0 Å². The number of ether oxygens (including phenoxy) is 1. The zero-order valence-corrected chi connectivity index (χ0v) is 40.6. The van der Waals surface area contributed by atoms with Crippen molar-refractivity contribution in [3.8, 4) is 0 Å². The minimum Gasteiger partial charge on any atom is -0.469 e. The van der Waals surface area contributed by atoms with Crippen molar-refractivity contribution < 1.29 is 71.8 Å². The zero-order chi connectivity index (χ0) is 54.3. The number of amides is 2. The minimum atomic E-state index is -5.24. The number of fused-ring (bicyclic) bond motifs is 8. The predicted molar refractivity (Wildman–Crippen MR) is 247 cm³/mol. The monoisotopic (exact) mass is 1050 g/mol. The molecule has 22 heteroatoms. The molecule has 8 rings (SSSR count). The second-order valence-corrected chi connectivity index (χ2v) is 19.0. The van der Waals surface area contributed by atoms with Crippen LogP contribution in [0.5, 0.6) is 0 Å². The maximum Gasteiger partial charge on any atom is 0.416 e. The molecule has 0 radical (unpaired) electrons. The van der Waals surface area contributed by atoms with Gasteiger partial charge in [0.25, 0.3) is 11.8 Å². The summed E-state index contributed by atoms with van der Waals surface area (Å²) in [6, 6.07) is 6.55. The lowest BCUT2D eigenvalue weighted by Gasteiger charge is -2.27. The Bertz CT molecular complexity index is 3140. The van der Waals surface area contributed by atoms with Gasteiger partial charge in [0.05, 0.1) is 69.6 Å². The molecule has 4 aliphatic rings. The van der Waals surface area contributed by atoms with E-state index in [2.05, 4.69) is 15.3 Å². The number of hydrogen-bond acceptors (Lipinski definition) is 7. The number of rotatable bonds is 10. The summed E-state index contributed by atoms with van der Waals surface area (Å²) >= 11 is 0. The average Bonchev–Trinajstić information content (AvgIpc) is 4.00. The summed E-state index contributed by atoms with van der Waals surface area (Å²) < 4.78 is 172. The van der Waals surface area contributed by atoms with Gasteiger partial charge in [-0.25, -0.2) is 4.98 Å². The topological polar surface area (TPSA) is 133 Å². The van der Waals surface area contributed by atoms with E-state index >= 15 is 4.79 Å². The van der Waals surface area contributed by atoms with E-state index in [0.29, 0.717) is 80.7 Å². The minimum absolute atomic E-state index is 0.00575. The van der Waals surface area contributed by atoms with Gasteiger partial charge in [0.15, 0.2) is 0 Å². The van der Waals surface area contributed by atoms with Crippen molar-refractivity contribution in [2.75, 3.05) is 7.11 Å². The smallest absolute Gasteiger partial charge is 0.416 e. The van der Waals surface area contributed by atoms with E-state index < -0.39 is 101 Å². The van der Waals surface area contributed by atoms with E-state index in [-0.39, 0.29) is 70.3 Å². The highest BCUT2D eigenvalue weighted by molar-refractivity contribution is 6.23. The normalized spacial score (nSPS) is 19.3. The number of alkyl halides is 12. The summed E-state index contributed by atoms with van der Waals surface area (Å²) in [6.07, 6.45) is -20.2. The standard InChI is InChI=1S/C52H48F12N6O4/c1-8-33-22(2)35-19-40-42(26(6)65-20-27-11-29(49(53,54)55)15-30(12-27)50(56,57)58)24(4)37(67-40)17-36-23(3)34(9-10-41(71)74-7)45(68-36)44-46-43(25(5)38(69-46)18-39(33)66-35)47(72)70(48(44)73)21-28-13-31(51(59,60)61)16-32(14-28)52(62,63)64/h11-19,22-23,26,33-34,65-66,69H,8-10,20-21H2,1-7H3/t22?,23-,26?,33?,34-/m0/s1. The number of nitrogens with one attached hydrogen (secondary N) is 3. The van der Waals surface area contributed by atoms with E-state index in [0.717, 1.165) is 0 Å². The number of imide groups is 1. The Hall–Kier alpha value is -6.71. The Labute approximate surface area is 415 Å². The van der Waals surface area contributed by atoms with E-state index in [9.17, 15) is 62.3 Å². The number of allylic oxidation sites excluding steroid dienone is 1. The molecule has 74 heavy (non-hydrogen) atoms. The fraction of sp³-hybridized carbons (Fsp3) is 0.404. The van der Waals surface area contributed by atoms with Crippen LogP contribution in [0.3, 0.4) is 0 Å². The number of methoxy groups -OCH3 is 1. The molecular formula is C52H48F12N6O4. The van der Waals surface area contributed by atoms with Gasteiger partial charge in [-0.05, 0) is 116 Å². The number of hydrogen-bond donors (Lipinski definition) is 3. The number of benzene rings is 2. The fourth-order valence-corrected chi connectivity index (χ4v) is 10.4. The summed E-state index contributed by atoms with van der Waals surface area (Å²) in [4.78, 5) is 59.7. The Morgan fingerprint density at radius 3 is 1.80 bits per heavy atom. The highest BCUT2D eigenvalue weighted by atomic mass is 19.4. The van der Waals surface area contributed by atoms with Crippen molar-refractivity contribution in [3.63, 3.8) is 0 Å². The summed E-state index contributed by atoms with van der Waals surface area (Å²) in [5, 5.41) is 3.09. The van der Waals surface area contributed by atoms with E-state index in [1.807, 2.05) is 13.8 Å². The third-order valence-electron chi connectivity index (χ3n) is 14.4. The van der Waals surface area contributed by atoms with Crippen LogP contribution < -0.4 is 5.32 Å². The van der Waals surface area contributed by atoms with Crippen LogP contribution in [0.25, 0.3) is 22.2 Å². The summed E-state index contributed by atoms with van der Waals surface area (Å²) in [6.45, 7) is 9.18. The molecule has 0 saturated carbocycles. The molecule has 0 fully saturated rings. The first-order chi connectivity index (χ1) is 34.4. The molecular weight excluding hydrogens is 1000 g/mol. The Morgan fingerprint density at radius 1 is 0.703 bits per heavy atom. The number of halogens is 12. The number of H-pyrrole nitrogens is 2. The van der Waals surface area contributed by atoms with Gasteiger partial charge in [0.2, 0.25) is 0 Å². The van der Waals surface area contributed by atoms with Gasteiger partial charge >= 0.3 is 30.7 Å². The number of aromatic amines is 2. The second kappa shape index (κ2) is 19.2. The molecule has 2 aromatic heterocycles. The molecule has 10 nitrogen and oxygen atoms in total. The summed E-state index contributed by atoms with van der Waals surface area (Å²) in [5.74, 6) is -4.59. The first-order valence-electron chi connectivity index (χ1n) is 23.4. The van der Waals surface area contributed by atoms with Gasteiger partial charge in [-0.2, -0.15) is 52.7 Å². The number of carbonyl (C=O) groups excluding carboxylic acids is 3. The third kappa shape index (κ3) is 10.1. The van der Waals surface area contributed by atoms with Crippen molar-refractivity contribution >= 4 is 40.0 Å². The molecule has 4 aliphatic heterocycles. The average molecular weight is 1050 g/mol. The van der Waals surface area contributed by atoms with Crippen LogP contribution >= 0.6 is 0 Å². The van der Waals surface area contributed by atoms with Crippen LogP contribution in [-0.4, -0.2) is 55.8 Å². The van der Waals surface area contributed by atoms with Gasteiger partial charge in [0.1, 0.15) is 0 Å². The number of carbonyl (C=O) groups is 3. The molecule has 6 heterocycles. The highest BCUT2D eigenvalue weighted by Crippen LogP contribution is 2.47. The molecule has 2 aromatic carbocycles. The van der Waals surface area contributed by atoms with Crippen molar-refractivity contribution in [3.05, 3.63) is 139 Å². The molecule has 8 bridgehead atoms. The van der Waals surface area contributed by atoms with Gasteiger partial charge in [-0.3, -0.25) is 24.3 Å². The number of nitrogens with zero attached hydrogens (tertiary/aromatic N) is 3. The SMILES string of the molecule is CCC1c2cc3[nH]c4c(c5nc(cc6nc(cc([nH]2)C1C)C(C(C)NCc1cc(C(F)(F)F)cc(C(F)(F)F)c1)=C6C)[C@@H](C)[C@@H]5CCC(=O)OC)C(=O)N(Cc1cc(C(F)(F)F)cc(C(F)(F)F)c1)C(=O)c4c3C. The van der Waals surface area contributed by atoms with E-state index in [1.54, 1.807) is 45.9 Å². The quantitative estimate of drug-likeness (QED) is 0.0818. The number of aryl methyl sites for hydroxylation is 1. The largest absolute Gasteiger partial charge is 0.469 e. The van der Waals surface area contributed by atoms with Crippen LogP contribution in [0.4, 0.5) is 52.7 Å². The maximum absolute atomic E-state index is 15.1. The van der Waals surface area contributed by atoms with Crippen LogP contribution in [0, 0.1) is 6.92 Å². The van der Waals surface area contributed by atoms with Gasteiger partial charge in [-0.15, -0.1) is 0 Å². The van der Waals surface area contributed by atoms with E-state index in [1.165, 1.54) is 7.11 Å². The Morgan fingerprint density at radius 2 is 1.26 bits per heavy atom. The number of esters is 1. The van der Waals surface area contributed by atoms with Gasteiger partial charge in [0, 0.05) is 65.3 Å². The maximum atomic E-state index is 15.1. The van der Waals surface area contributed by atoms with Crippen molar-refractivity contribution in [2.45, 2.75) is 128 Å². The molecule has 0 spiro atoms. The van der Waals surface area contributed by atoms with Gasteiger partial charge < -0.3 is 20.0 Å². The molecule has 394 valence electrons. The third-order valence-corrected chi connectivity index (χ3v) is 14.4. The van der Waals surface area contributed by atoms with Crippen molar-refractivity contribution in [2.24, 2.45) is 0 Å². The Balaban J connectivity index is 1.36. The van der Waals surface area contributed by atoms with E-state index in [4.69, 9.17) is 14.7 Å². The molecule has 3 N–H and O–H groups in total. The first kappa shape index (κ1) is 53.6. The summed E-state index contributed by atoms with van der Waals surface area (Å²) in [5.41, 5.74) is -3.39. The lowest BCUT2D eigenvalue weighted by Crippen LogP contribution is -2.40. The van der Waals surface area contributed by atoms with Crippen LogP contribution in [0.15, 0.2) is 54.6 Å². The lowest BCUT2D eigenvalue weighted by molar-refractivity contribution is -0.144. The lowest BCUT2D eigenvalue weighted by atomic mass is 9.84. The van der Waals surface area contributed by atoms with Crippen LogP contribution in [0.1, 0.15) is 171 Å². The molecule has 0 aliphatic carbocycles. The van der Waals surface area contributed by atoms with Crippen LogP contribution in [-0.2, 0) is 47.3 Å². The molecule has 0 saturated heterocycles. The fourth-order valence-electron chi connectivity index (χ4n) is 10.4.